The first-order valence-corrected chi connectivity index (χ1v) is 11.4. The number of piperazine rings is 1. The van der Waals surface area contributed by atoms with Gasteiger partial charge in [0.1, 0.15) is 5.75 Å². The number of carbonyl (C=O) groups is 2. The van der Waals surface area contributed by atoms with Crippen LogP contribution in [0.4, 0.5) is 0 Å². The molecule has 1 saturated heterocycles. The normalized spacial score (nSPS) is 14.4. The molecule has 0 saturated carbocycles. The van der Waals surface area contributed by atoms with Crippen LogP contribution in [-0.4, -0.2) is 73.7 Å². The smallest absolute Gasteiger partial charge is 0.251 e. The fourth-order valence-corrected chi connectivity index (χ4v) is 4.20. The second kappa shape index (κ2) is 11.6. The largest absolute Gasteiger partial charge is 0.497 e. The number of carbonyl (C=O) groups excluding carboxylic acids is 2. The van der Waals surface area contributed by atoms with Gasteiger partial charge in [-0.2, -0.15) is 0 Å². The Morgan fingerprint density at radius 2 is 1.70 bits per heavy atom. The number of hydrogen-bond acceptors (Lipinski definition) is 5. The third-order valence-corrected chi connectivity index (χ3v) is 6.12. The summed E-state index contributed by atoms with van der Waals surface area (Å²) in [6.45, 7) is 4.55. The Hall–Kier alpha value is -2.51. The van der Waals surface area contributed by atoms with Gasteiger partial charge in [-0.1, -0.05) is 30.3 Å². The zero-order valence-corrected chi connectivity index (χ0v) is 18.2. The SMILES string of the molecule is COc1ccc(C(=O)NCCN2CCN(C(=O)CSCc3ccccc3)CC2)cc1. The van der Waals surface area contributed by atoms with Crippen LogP contribution < -0.4 is 10.1 Å². The molecule has 0 aliphatic carbocycles. The molecule has 2 amide bonds. The van der Waals surface area contributed by atoms with Crippen molar-refractivity contribution < 1.29 is 14.3 Å². The molecule has 0 unspecified atom stereocenters. The first-order chi connectivity index (χ1) is 14.7. The Morgan fingerprint density at radius 1 is 1.00 bits per heavy atom. The van der Waals surface area contributed by atoms with Gasteiger partial charge in [0.05, 0.1) is 12.9 Å². The van der Waals surface area contributed by atoms with Gasteiger partial charge in [-0.3, -0.25) is 14.5 Å². The highest BCUT2D eigenvalue weighted by atomic mass is 32.2. The fraction of sp³-hybridized carbons (Fsp3) is 0.391. The predicted molar refractivity (Wildman–Crippen MR) is 121 cm³/mol. The number of benzene rings is 2. The van der Waals surface area contributed by atoms with Gasteiger partial charge in [-0.15, -0.1) is 11.8 Å². The summed E-state index contributed by atoms with van der Waals surface area (Å²) >= 11 is 1.67. The van der Waals surface area contributed by atoms with Crippen LogP contribution in [0.3, 0.4) is 0 Å². The fourth-order valence-electron chi connectivity index (χ4n) is 3.31. The molecule has 1 N–H and O–H groups in total. The number of ether oxygens (including phenoxy) is 1. The molecule has 7 heteroatoms. The van der Waals surface area contributed by atoms with Crippen LogP contribution in [0.25, 0.3) is 0 Å². The molecule has 3 rings (SSSR count). The number of nitrogens with one attached hydrogen (secondary N) is 1. The van der Waals surface area contributed by atoms with Crippen molar-refractivity contribution in [1.82, 2.24) is 15.1 Å². The molecule has 30 heavy (non-hydrogen) atoms. The zero-order valence-electron chi connectivity index (χ0n) is 17.4. The number of thioether (sulfide) groups is 1. The van der Waals surface area contributed by atoms with E-state index in [-0.39, 0.29) is 11.8 Å². The standard InChI is InChI=1S/C23H29N3O3S/c1-29-21-9-7-20(8-10-21)23(28)24-11-12-25-13-15-26(16-14-25)22(27)18-30-17-19-5-3-2-4-6-19/h2-10H,11-18H2,1H3,(H,24,28). The summed E-state index contributed by atoms with van der Waals surface area (Å²) in [4.78, 5) is 28.9. The summed E-state index contributed by atoms with van der Waals surface area (Å²) in [5.41, 5.74) is 1.87. The van der Waals surface area contributed by atoms with Gasteiger partial charge in [0.25, 0.3) is 5.91 Å². The summed E-state index contributed by atoms with van der Waals surface area (Å²) in [6.07, 6.45) is 0. The molecule has 0 atom stereocenters. The minimum Gasteiger partial charge on any atom is -0.497 e. The number of rotatable bonds is 9. The highest BCUT2D eigenvalue weighted by molar-refractivity contribution is 7.99. The second-order valence-electron chi connectivity index (χ2n) is 7.19. The summed E-state index contributed by atoms with van der Waals surface area (Å²) in [7, 11) is 1.60. The highest BCUT2D eigenvalue weighted by Crippen LogP contribution is 2.13. The molecule has 0 radical (unpaired) electrons. The zero-order chi connectivity index (χ0) is 21.2. The first-order valence-electron chi connectivity index (χ1n) is 10.2. The van der Waals surface area contributed by atoms with E-state index in [2.05, 4.69) is 22.3 Å². The van der Waals surface area contributed by atoms with E-state index in [1.807, 2.05) is 23.1 Å². The van der Waals surface area contributed by atoms with Crippen LogP contribution >= 0.6 is 11.8 Å². The maximum absolute atomic E-state index is 12.4. The van der Waals surface area contributed by atoms with Crippen LogP contribution in [0.1, 0.15) is 15.9 Å². The number of hydrogen-bond donors (Lipinski definition) is 1. The Balaban J connectivity index is 1.30. The Morgan fingerprint density at radius 3 is 2.37 bits per heavy atom. The average Bonchev–Trinajstić information content (AvgIpc) is 2.80. The van der Waals surface area contributed by atoms with Crippen LogP contribution in [0.15, 0.2) is 54.6 Å². The molecular weight excluding hydrogens is 398 g/mol. The van der Waals surface area contributed by atoms with Crippen LogP contribution in [0.5, 0.6) is 5.75 Å². The lowest BCUT2D eigenvalue weighted by Crippen LogP contribution is -2.50. The molecular formula is C23H29N3O3S. The topological polar surface area (TPSA) is 61.9 Å². The van der Waals surface area contributed by atoms with E-state index in [0.717, 1.165) is 44.2 Å². The number of nitrogens with zero attached hydrogens (tertiary/aromatic N) is 2. The van der Waals surface area contributed by atoms with E-state index < -0.39 is 0 Å². The van der Waals surface area contributed by atoms with Gasteiger partial charge < -0.3 is 15.0 Å². The molecule has 0 spiro atoms. The van der Waals surface area contributed by atoms with Crippen LogP contribution in [0, 0.1) is 0 Å². The van der Waals surface area contributed by atoms with E-state index >= 15 is 0 Å². The molecule has 160 valence electrons. The van der Waals surface area contributed by atoms with Crippen molar-refractivity contribution in [2.24, 2.45) is 0 Å². The summed E-state index contributed by atoms with van der Waals surface area (Å²) in [5, 5.41) is 2.96. The van der Waals surface area contributed by atoms with E-state index in [4.69, 9.17) is 4.74 Å². The third-order valence-electron chi connectivity index (χ3n) is 5.13. The Labute approximate surface area is 182 Å². The molecule has 1 aliphatic heterocycles. The molecule has 6 nitrogen and oxygen atoms in total. The lowest BCUT2D eigenvalue weighted by atomic mass is 10.2. The van der Waals surface area contributed by atoms with Crippen LogP contribution in [-0.2, 0) is 10.5 Å². The van der Waals surface area contributed by atoms with Crippen molar-refractivity contribution in [1.29, 1.82) is 0 Å². The predicted octanol–water partition coefficient (Wildman–Crippen LogP) is 2.50. The molecule has 2 aromatic carbocycles. The molecule has 1 aliphatic rings. The van der Waals surface area contributed by atoms with E-state index in [9.17, 15) is 9.59 Å². The van der Waals surface area contributed by atoms with Gasteiger partial charge in [0.15, 0.2) is 0 Å². The third kappa shape index (κ3) is 6.78. The minimum absolute atomic E-state index is 0.0816. The van der Waals surface area contributed by atoms with Crippen molar-refractivity contribution in [2.45, 2.75) is 5.75 Å². The van der Waals surface area contributed by atoms with Gasteiger partial charge in [0.2, 0.25) is 5.91 Å². The van der Waals surface area contributed by atoms with E-state index in [1.165, 1.54) is 5.56 Å². The van der Waals surface area contributed by atoms with Crippen molar-refractivity contribution >= 4 is 23.6 Å². The summed E-state index contributed by atoms with van der Waals surface area (Å²) < 4.78 is 5.11. The molecule has 1 heterocycles. The molecule has 2 aromatic rings. The number of methoxy groups -OCH3 is 1. The van der Waals surface area contributed by atoms with Crippen molar-refractivity contribution in [3.63, 3.8) is 0 Å². The van der Waals surface area contributed by atoms with Gasteiger partial charge >= 0.3 is 0 Å². The Kier molecular flexibility index (Phi) is 8.59. The Bertz CT molecular complexity index is 806. The summed E-state index contributed by atoms with van der Waals surface area (Å²) in [6, 6.07) is 17.3. The lowest BCUT2D eigenvalue weighted by Gasteiger charge is -2.34. The quantitative estimate of drug-likeness (QED) is 0.666. The van der Waals surface area contributed by atoms with Gasteiger partial charge in [0, 0.05) is 50.6 Å². The summed E-state index contributed by atoms with van der Waals surface area (Å²) in [5.74, 6) is 2.25. The van der Waals surface area contributed by atoms with Gasteiger partial charge in [-0.25, -0.2) is 0 Å². The van der Waals surface area contributed by atoms with Crippen LogP contribution in [0.2, 0.25) is 0 Å². The van der Waals surface area contributed by atoms with Crippen molar-refractivity contribution in [3.05, 3.63) is 65.7 Å². The molecule has 1 fully saturated rings. The average molecular weight is 428 g/mol. The van der Waals surface area contributed by atoms with Gasteiger partial charge in [-0.05, 0) is 29.8 Å². The molecule has 0 aromatic heterocycles. The van der Waals surface area contributed by atoms with E-state index in [0.29, 0.717) is 17.9 Å². The maximum Gasteiger partial charge on any atom is 0.251 e. The van der Waals surface area contributed by atoms with Crippen molar-refractivity contribution in [2.75, 3.05) is 52.1 Å². The second-order valence-corrected chi connectivity index (χ2v) is 8.17. The lowest BCUT2D eigenvalue weighted by molar-refractivity contribution is -0.130. The van der Waals surface area contributed by atoms with Crippen molar-refractivity contribution in [3.8, 4) is 5.75 Å². The number of amides is 2. The maximum atomic E-state index is 12.4. The molecule has 0 bridgehead atoms. The highest BCUT2D eigenvalue weighted by Gasteiger charge is 2.20. The minimum atomic E-state index is -0.0816. The van der Waals surface area contributed by atoms with E-state index in [1.54, 1.807) is 43.1 Å². The monoisotopic (exact) mass is 427 g/mol. The first kappa shape index (κ1) is 22.2.